The molecule has 94 valence electrons. The van der Waals surface area contributed by atoms with E-state index in [9.17, 15) is 4.79 Å². The Balaban J connectivity index is 2.48. The average Bonchev–Trinajstić information content (AvgIpc) is 2.17. The van der Waals surface area contributed by atoms with E-state index < -0.39 is 0 Å². The normalized spacial score (nSPS) is 20.8. The summed E-state index contributed by atoms with van der Waals surface area (Å²) < 4.78 is 5.37. The van der Waals surface area contributed by atoms with Gasteiger partial charge in [0.15, 0.2) is 5.78 Å². The molecule has 1 aliphatic carbocycles. The summed E-state index contributed by atoms with van der Waals surface area (Å²) in [4.78, 5) is 12.2. The molecule has 2 heteroatoms. The van der Waals surface area contributed by atoms with E-state index in [1.807, 2.05) is 0 Å². The Kier molecular flexibility index (Phi) is 4.97. The fraction of sp³-hybridized carbons (Fsp3) is 0.929. The highest BCUT2D eigenvalue weighted by Gasteiger charge is 2.32. The predicted octanol–water partition coefficient (Wildman–Crippen LogP) is 3.59. The van der Waals surface area contributed by atoms with Crippen LogP contribution in [0, 0.1) is 11.3 Å². The zero-order chi connectivity index (χ0) is 12.2. The Labute approximate surface area is 99.8 Å². The van der Waals surface area contributed by atoms with Gasteiger partial charge in [-0.2, -0.15) is 0 Å². The smallest absolute Gasteiger partial charge is 0.162 e. The first-order valence-corrected chi connectivity index (χ1v) is 6.50. The van der Waals surface area contributed by atoms with E-state index in [1.54, 1.807) is 7.11 Å². The van der Waals surface area contributed by atoms with Crippen LogP contribution in [0.25, 0.3) is 0 Å². The van der Waals surface area contributed by atoms with Crippen LogP contribution in [-0.4, -0.2) is 19.0 Å². The van der Waals surface area contributed by atoms with Gasteiger partial charge in [0.2, 0.25) is 0 Å². The molecular weight excluding hydrogens is 200 g/mol. The minimum atomic E-state index is -0.241. The van der Waals surface area contributed by atoms with Crippen LogP contribution in [0.1, 0.15) is 59.3 Å². The Bertz CT molecular complexity index is 221. The van der Waals surface area contributed by atoms with Crippen LogP contribution in [0.4, 0.5) is 0 Å². The third-order valence-corrected chi connectivity index (χ3v) is 3.53. The second-order valence-corrected chi connectivity index (χ2v) is 6.16. The maximum Gasteiger partial charge on any atom is 0.162 e. The minimum absolute atomic E-state index is 0.0828. The third-order valence-electron chi connectivity index (χ3n) is 3.53. The number of hydrogen-bond acceptors (Lipinski definition) is 2. The number of hydrogen-bond donors (Lipinski definition) is 0. The van der Waals surface area contributed by atoms with Crippen molar-refractivity contribution >= 4 is 5.78 Å². The van der Waals surface area contributed by atoms with E-state index in [4.69, 9.17) is 4.74 Å². The molecule has 0 saturated heterocycles. The number of carbonyl (C=O) groups is 1. The number of Topliss-reactive ketones (excluding diaryl/α,β-unsaturated/α-hetero) is 1. The molecule has 1 rings (SSSR count). The SMILES string of the molecule is COC(C(=O)CC1CCCCC1)C(C)(C)C. The summed E-state index contributed by atoms with van der Waals surface area (Å²) in [7, 11) is 1.65. The van der Waals surface area contributed by atoms with Crippen molar-refractivity contribution in [3.05, 3.63) is 0 Å². The molecule has 2 nitrogen and oxygen atoms in total. The molecule has 0 aromatic heterocycles. The summed E-state index contributed by atoms with van der Waals surface area (Å²) in [6.45, 7) is 6.21. The molecule has 1 atom stereocenters. The van der Waals surface area contributed by atoms with Crippen molar-refractivity contribution in [1.82, 2.24) is 0 Å². The summed E-state index contributed by atoms with van der Waals surface area (Å²) in [5, 5.41) is 0. The summed E-state index contributed by atoms with van der Waals surface area (Å²) in [6.07, 6.45) is 6.87. The zero-order valence-corrected chi connectivity index (χ0v) is 11.2. The number of carbonyl (C=O) groups excluding carboxylic acids is 1. The van der Waals surface area contributed by atoms with Crippen molar-refractivity contribution in [1.29, 1.82) is 0 Å². The van der Waals surface area contributed by atoms with E-state index in [-0.39, 0.29) is 11.5 Å². The molecule has 0 aromatic carbocycles. The Morgan fingerprint density at radius 1 is 1.25 bits per heavy atom. The van der Waals surface area contributed by atoms with Gasteiger partial charge >= 0.3 is 0 Å². The van der Waals surface area contributed by atoms with Gasteiger partial charge in [-0.1, -0.05) is 52.9 Å². The van der Waals surface area contributed by atoms with Gasteiger partial charge in [-0.05, 0) is 11.3 Å². The number of ketones is 1. The second-order valence-electron chi connectivity index (χ2n) is 6.16. The molecule has 1 aliphatic rings. The zero-order valence-electron chi connectivity index (χ0n) is 11.2. The Hall–Kier alpha value is -0.370. The summed E-state index contributed by atoms with van der Waals surface area (Å²) >= 11 is 0. The van der Waals surface area contributed by atoms with Crippen LogP contribution in [0.5, 0.6) is 0 Å². The van der Waals surface area contributed by atoms with Gasteiger partial charge in [-0.25, -0.2) is 0 Å². The van der Waals surface area contributed by atoms with E-state index in [1.165, 1.54) is 32.1 Å². The lowest BCUT2D eigenvalue weighted by Gasteiger charge is -2.30. The molecule has 0 N–H and O–H groups in total. The molecule has 0 aromatic rings. The van der Waals surface area contributed by atoms with E-state index in [2.05, 4.69) is 20.8 Å². The van der Waals surface area contributed by atoms with Gasteiger partial charge in [0, 0.05) is 13.5 Å². The molecule has 16 heavy (non-hydrogen) atoms. The monoisotopic (exact) mass is 226 g/mol. The van der Waals surface area contributed by atoms with Gasteiger partial charge in [0.05, 0.1) is 0 Å². The van der Waals surface area contributed by atoms with Gasteiger partial charge < -0.3 is 4.74 Å². The van der Waals surface area contributed by atoms with E-state index in [0.29, 0.717) is 11.7 Å². The van der Waals surface area contributed by atoms with Crippen molar-refractivity contribution in [3.63, 3.8) is 0 Å². The maximum atomic E-state index is 12.2. The van der Waals surface area contributed by atoms with Gasteiger partial charge in [-0.15, -0.1) is 0 Å². The van der Waals surface area contributed by atoms with Crippen molar-refractivity contribution in [2.75, 3.05) is 7.11 Å². The summed E-state index contributed by atoms with van der Waals surface area (Å²) in [6, 6.07) is 0. The lowest BCUT2D eigenvalue weighted by atomic mass is 9.80. The fourth-order valence-electron chi connectivity index (χ4n) is 2.75. The number of rotatable bonds is 4. The third kappa shape index (κ3) is 3.89. The molecule has 0 bridgehead atoms. The summed E-state index contributed by atoms with van der Waals surface area (Å²) in [5.41, 5.74) is -0.0828. The van der Waals surface area contributed by atoms with Gasteiger partial charge in [0.25, 0.3) is 0 Å². The molecular formula is C14H26O2. The van der Waals surface area contributed by atoms with E-state index in [0.717, 1.165) is 6.42 Å². The van der Waals surface area contributed by atoms with Crippen LogP contribution in [0.3, 0.4) is 0 Å². The minimum Gasteiger partial charge on any atom is -0.373 e. The van der Waals surface area contributed by atoms with Crippen molar-refractivity contribution in [2.45, 2.75) is 65.4 Å². The number of ether oxygens (including phenoxy) is 1. The van der Waals surface area contributed by atoms with Crippen molar-refractivity contribution in [2.24, 2.45) is 11.3 Å². The first kappa shape index (κ1) is 13.7. The van der Waals surface area contributed by atoms with Crippen LogP contribution < -0.4 is 0 Å². The fourth-order valence-corrected chi connectivity index (χ4v) is 2.75. The molecule has 1 saturated carbocycles. The first-order chi connectivity index (χ1) is 7.45. The van der Waals surface area contributed by atoms with Crippen LogP contribution in [0.2, 0.25) is 0 Å². The largest absolute Gasteiger partial charge is 0.373 e. The lowest BCUT2D eigenvalue weighted by molar-refractivity contribution is -0.136. The molecule has 0 radical (unpaired) electrons. The Morgan fingerprint density at radius 3 is 2.25 bits per heavy atom. The molecule has 0 aliphatic heterocycles. The molecule has 0 spiro atoms. The predicted molar refractivity (Wildman–Crippen MR) is 66.5 cm³/mol. The van der Waals surface area contributed by atoms with E-state index >= 15 is 0 Å². The van der Waals surface area contributed by atoms with Crippen molar-refractivity contribution in [3.8, 4) is 0 Å². The summed E-state index contributed by atoms with van der Waals surface area (Å²) in [5.74, 6) is 0.906. The first-order valence-electron chi connectivity index (χ1n) is 6.50. The van der Waals surface area contributed by atoms with Crippen LogP contribution in [-0.2, 0) is 9.53 Å². The molecule has 0 amide bonds. The quantitative estimate of drug-likeness (QED) is 0.732. The number of methoxy groups -OCH3 is 1. The average molecular weight is 226 g/mol. The second kappa shape index (κ2) is 5.81. The molecule has 1 fully saturated rings. The Morgan fingerprint density at radius 2 is 1.81 bits per heavy atom. The standard InChI is InChI=1S/C14H26O2/c1-14(2,3)13(16-4)12(15)10-11-8-6-5-7-9-11/h11,13H,5-10H2,1-4H3. The lowest BCUT2D eigenvalue weighted by Crippen LogP contribution is -2.37. The van der Waals surface area contributed by atoms with Gasteiger partial charge in [-0.3, -0.25) is 4.79 Å². The van der Waals surface area contributed by atoms with Gasteiger partial charge in [0.1, 0.15) is 6.10 Å². The highest BCUT2D eigenvalue weighted by Crippen LogP contribution is 2.30. The van der Waals surface area contributed by atoms with Crippen LogP contribution in [0.15, 0.2) is 0 Å². The molecule has 1 unspecified atom stereocenters. The highest BCUT2D eigenvalue weighted by atomic mass is 16.5. The molecule has 0 heterocycles. The highest BCUT2D eigenvalue weighted by molar-refractivity contribution is 5.84. The topological polar surface area (TPSA) is 26.3 Å². The maximum absolute atomic E-state index is 12.2. The van der Waals surface area contributed by atoms with Crippen LogP contribution >= 0.6 is 0 Å². The van der Waals surface area contributed by atoms with Crippen molar-refractivity contribution < 1.29 is 9.53 Å².